The van der Waals surface area contributed by atoms with Gasteiger partial charge in [0.25, 0.3) is 0 Å². The number of rotatable bonds is 6. The van der Waals surface area contributed by atoms with E-state index >= 15 is 0 Å². The molecule has 1 fully saturated rings. The van der Waals surface area contributed by atoms with E-state index in [4.69, 9.17) is 16.3 Å². The lowest BCUT2D eigenvalue weighted by molar-refractivity contribution is -0.137. The standard InChI is InChI=1S/C27H21BrClF3N4O3S2/c28-21-6-4-18(5-7-21)16-33-36-25(19-2-1-3-20(14-19)27(30,31)32)17-40-26(36)34-24-15-22(8-9-23(24)29)41(37,38)35-10-12-39-13-11-35/h1-9,14-17H,10-13H2/b33-16+,34-26?. The van der Waals surface area contributed by atoms with Crippen molar-refractivity contribution >= 4 is 60.8 Å². The van der Waals surface area contributed by atoms with E-state index in [1.165, 1.54) is 33.2 Å². The molecule has 7 nitrogen and oxygen atoms in total. The lowest BCUT2D eigenvalue weighted by Crippen LogP contribution is -2.40. The molecule has 5 rings (SSSR count). The Morgan fingerprint density at radius 2 is 1.76 bits per heavy atom. The molecule has 4 aromatic rings. The van der Waals surface area contributed by atoms with Gasteiger partial charge in [0.15, 0.2) is 0 Å². The molecule has 0 radical (unpaired) electrons. The first-order chi connectivity index (χ1) is 19.5. The van der Waals surface area contributed by atoms with Crippen LogP contribution in [-0.4, -0.2) is 49.9 Å². The van der Waals surface area contributed by atoms with E-state index in [1.807, 2.05) is 24.3 Å². The highest BCUT2D eigenvalue weighted by Gasteiger charge is 2.31. The Hall–Kier alpha value is -2.81. The molecule has 0 saturated carbocycles. The van der Waals surface area contributed by atoms with Crippen LogP contribution in [0.25, 0.3) is 11.3 Å². The fraction of sp³-hybridized carbons (Fsp3) is 0.185. The van der Waals surface area contributed by atoms with E-state index in [1.54, 1.807) is 17.7 Å². The van der Waals surface area contributed by atoms with E-state index in [0.29, 0.717) is 18.9 Å². The van der Waals surface area contributed by atoms with Crippen LogP contribution in [0.3, 0.4) is 0 Å². The molecular formula is C27H21BrClF3N4O3S2. The molecule has 0 bridgehead atoms. The first-order valence-corrected chi connectivity index (χ1v) is 15.6. The second kappa shape index (κ2) is 12.2. The summed E-state index contributed by atoms with van der Waals surface area (Å²) in [5, 5.41) is 6.37. The molecule has 0 unspecified atom stereocenters. The molecule has 41 heavy (non-hydrogen) atoms. The molecule has 1 aliphatic heterocycles. The molecule has 0 N–H and O–H groups in total. The Morgan fingerprint density at radius 3 is 2.46 bits per heavy atom. The van der Waals surface area contributed by atoms with Crippen molar-refractivity contribution in [2.75, 3.05) is 26.3 Å². The summed E-state index contributed by atoms with van der Waals surface area (Å²) in [6.07, 6.45) is -2.97. The number of aromatic nitrogens is 1. The molecule has 2 heterocycles. The minimum absolute atomic E-state index is 0.0159. The maximum atomic E-state index is 13.5. The first kappa shape index (κ1) is 29.7. The monoisotopic (exact) mass is 684 g/mol. The van der Waals surface area contributed by atoms with Crippen LogP contribution in [0.15, 0.2) is 91.6 Å². The molecule has 1 aliphatic rings. The zero-order valence-corrected chi connectivity index (χ0v) is 25.0. The Labute approximate surface area is 251 Å². The van der Waals surface area contributed by atoms with Crippen molar-refractivity contribution < 1.29 is 26.3 Å². The van der Waals surface area contributed by atoms with Crippen LogP contribution in [0.2, 0.25) is 5.02 Å². The van der Waals surface area contributed by atoms with Gasteiger partial charge in [-0.05, 0) is 48.0 Å². The fourth-order valence-corrected chi connectivity index (χ4v) is 6.69. The van der Waals surface area contributed by atoms with Crippen molar-refractivity contribution in [3.63, 3.8) is 0 Å². The summed E-state index contributed by atoms with van der Waals surface area (Å²) in [5.74, 6) is 0. The summed E-state index contributed by atoms with van der Waals surface area (Å²) in [6, 6.07) is 16.4. The second-order valence-corrected chi connectivity index (χ2v) is 12.9. The van der Waals surface area contributed by atoms with Crippen molar-refractivity contribution in [2.45, 2.75) is 11.1 Å². The first-order valence-electron chi connectivity index (χ1n) is 12.1. The molecule has 14 heteroatoms. The molecule has 0 atom stereocenters. The Balaban J connectivity index is 1.63. The largest absolute Gasteiger partial charge is 0.416 e. The van der Waals surface area contributed by atoms with Gasteiger partial charge in [0.1, 0.15) is 0 Å². The predicted molar refractivity (Wildman–Crippen MR) is 156 cm³/mol. The van der Waals surface area contributed by atoms with Crippen LogP contribution in [0, 0.1) is 0 Å². The number of benzene rings is 3. The molecule has 3 aromatic carbocycles. The summed E-state index contributed by atoms with van der Waals surface area (Å²) in [4.78, 5) is 4.89. The van der Waals surface area contributed by atoms with Gasteiger partial charge in [-0.25, -0.2) is 18.1 Å². The van der Waals surface area contributed by atoms with Crippen LogP contribution >= 0.6 is 38.9 Å². The van der Waals surface area contributed by atoms with E-state index in [9.17, 15) is 21.6 Å². The van der Waals surface area contributed by atoms with Crippen LogP contribution in [-0.2, 0) is 20.9 Å². The second-order valence-electron chi connectivity index (χ2n) is 8.83. The number of thiazole rings is 1. The molecule has 214 valence electrons. The summed E-state index contributed by atoms with van der Waals surface area (Å²) in [6.45, 7) is 1.06. The normalized spacial score (nSPS) is 15.6. The third-order valence-corrected chi connectivity index (χ3v) is 9.66. The van der Waals surface area contributed by atoms with Crippen molar-refractivity contribution in [3.8, 4) is 11.3 Å². The van der Waals surface area contributed by atoms with Crippen LogP contribution in [0.1, 0.15) is 11.1 Å². The Bertz CT molecular complexity index is 1770. The van der Waals surface area contributed by atoms with Gasteiger partial charge < -0.3 is 4.74 Å². The molecule has 1 aromatic heterocycles. The van der Waals surface area contributed by atoms with Gasteiger partial charge in [-0.2, -0.15) is 22.6 Å². The average Bonchev–Trinajstić information content (AvgIpc) is 3.36. The summed E-state index contributed by atoms with van der Waals surface area (Å²) in [5.41, 5.74) is 0.754. The number of sulfonamides is 1. The number of ether oxygens (including phenoxy) is 1. The van der Waals surface area contributed by atoms with Gasteiger partial charge in [-0.1, -0.05) is 51.8 Å². The Morgan fingerprint density at radius 1 is 1.02 bits per heavy atom. The van der Waals surface area contributed by atoms with E-state index < -0.39 is 21.8 Å². The van der Waals surface area contributed by atoms with Gasteiger partial charge >= 0.3 is 6.18 Å². The van der Waals surface area contributed by atoms with E-state index in [2.05, 4.69) is 26.0 Å². The number of nitrogens with zero attached hydrogens (tertiary/aromatic N) is 4. The third kappa shape index (κ3) is 6.82. The lowest BCUT2D eigenvalue weighted by Gasteiger charge is -2.26. The minimum atomic E-state index is -4.52. The average molecular weight is 686 g/mol. The molecule has 1 saturated heterocycles. The molecule has 0 aliphatic carbocycles. The summed E-state index contributed by atoms with van der Waals surface area (Å²) >= 11 is 10.9. The highest BCUT2D eigenvalue weighted by molar-refractivity contribution is 9.10. The SMILES string of the molecule is O=S(=O)(c1ccc(Cl)c(N=c2scc(-c3cccc(C(F)(F)F)c3)n2/N=C/c2ccc(Br)cc2)c1)N1CCOCC1. The highest BCUT2D eigenvalue weighted by atomic mass is 79.9. The van der Waals surface area contributed by atoms with Gasteiger partial charge in [0.2, 0.25) is 14.8 Å². The van der Waals surface area contributed by atoms with Gasteiger partial charge in [0, 0.05) is 28.5 Å². The predicted octanol–water partition coefficient (Wildman–Crippen LogP) is 6.79. The molecular weight excluding hydrogens is 665 g/mol. The zero-order chi connectivity index (χ0) is 29.2. The van der Waals surface area contributed by atoms with Crippen molar-refractivity contribution in [3.05, 3.63) is 97.5 Å². The van der Waals surface area contributed by atoms with Gasteiger partial charge in [-0.3, -0.25) is 0 Å². The molecule has 0 amide bonds. The Kier molecular flexibility index (Phi) is 8.83. The van der Waals surface area contributed by atoms with Crippen molar-refractivity contribution in [2.24, 2.45) is 10.1 Å². The minimum Gasteiger partial charge on any atom is -0.379 e. The maximum Gasteiger partial charge on any atom is 0.416 e. The topological polar surface area (TPSA) is 76.3 Å². The lowest BCUT2D eigenvalue weighted by atomic mass is 10.1. The quantitative estimate of drug-likeness (QED) is 0.210. The summed E-state index contributed by atoms with van der Waals surface area (Å²) in [7, 11) is -3.82. The van der Waals surface area contributed by atoms with Crippen molar-refractivity contribution in [1.82, 2.24) is 8.98 Å². The maximum absolute atomic E-state index is 13.5. The van der Waals surface area contributed by atoms with Crippen LogP contribution in [0.5, 0.6) is 0 Å². The summed E-state index contributed by atoms with van der Waals surface area (Å²) < 4.78 is 75.7. The third-order valence-electron chi connectivity index (χ3n) is 6.10. The van der Waals surface area contributed by atoms with Crippen LogP contribution in [0.4, 0.5) is 18.9 Å². The molecule has 0 spiro atoms. The van der Waals surface area contributed by atoms with Gasteiger partial charge in [-0.15, -0.1) is 11.3 Å². The van der Waals surface area contributed by atoms with Crippen molar-refractivity contribution in [1.29, 1.82) is 0 Å². The number of hydrogen-bond donors (Lipinski definition) is 0. The number of halogens is 5. The zero-order valence-electron chi connectivity index (χ0n) is 21.1. The van der Waals surface area contributed by atoms with E-state index in [-0.39, 0.29) is 39.1 Å². The number of hydrogen-bond acceptors (Lipinski definition) is 6. The fourth-order valence-electron chi connectivity index (χ4n) is 3.99. The number of morpholine rings is 1. The highest BCUT2D eigenvalue weighted by Crippen LogP contribution is 2.33. The van der Waals surface area contributed by atoms with E-state index in [0.717, 1.165) is 33.5 Å². The smallest absolute Gasteiger partial charge is 0.379 e. The van der Waals surface area contributed by atoms with Crippen LogP contribution < -0.4 is 4.80 Å². The van der Waals surface area contributed by atoms with Gasteiger partial charge in [0.05, 0.1) is 46.3 Å². The number of alkyl halides is 3.